The van der Waals surface area contributed by atoms with Gasteiger partial charge in [-0.2, -0.15) is 0 Å². The molecule has 2 rings (SSSR count). The van der Waals surface area contributed by atoms with Crippen LogP contribution in [0.25, 0.3) is 0 Å². The summed E-state index contributed by atoms with van der Waals surface area (Å²) >= 11 is 5.07. The molecule has 0 saturated carbocycles. The van der Waals surface area contributed by atoms with Gasteiger partial charge in [0.1, 0.15) is 11.5 Å². The number of phenols is 1. The first-order valence-electron chi connectivity index (χ1n) is 7.60. The molecule has 0 spiro atoms. The van der Waals surface area contributed by atoms with Gasteiger partial charge in [0.15, 0.2) is 11.7 Å². The predicted molar refractivity (Wildman–Crippen MR) is 98.5 cm³/mol. The maximum absolute atomic E-state index is 11.9. The maximum Gasteiger partial charge on any atom is 0.264 e. The van der Waals surface area contributed by atoms with Crippen LogP contribution in [0.15, 0.2) is 42.5 Å². The van der Waals surface area contributed by atoms with E-state index in [4.69, 9.17) is 17.0 Å². The maximum atomic E-state index is 11.9. The van der Waals surface area contributed by atoms with Crippen molar-refractivity contribution in [2.45, 2.75) is 20.3 Å². The minimum atomic E-state index is -0.376. The molecule has 2 aromatic carbocycles. The Morgan fingerprint density at radius 1 is 1.21 bits per heavy atom. The molecule has 5 nitrogen and oxygen atoms in total. The van der Waals surface area contributed by atoms with Crippen molar-refractivity contribution in [2.75, 3.05) is 11.9 Å². The topological polar surface area (TPSA) is 70.6 Å². The van der Waals surface area contributed by atoms with E-state index >= 15 is 0 Å². The molecular weight excluding hydrogens is 324 g/mol. The van der Waals surface area contributed by atoms with Gasteiger partial charge in [0.25, 0.3) is 5.91 Å². The largest absolute Gasteiger partial charge is 0.506 e. The Balaban J connectivity index is 1.82. The van der Waals surface area contributed by atoms with E-state index in [2.05, 4.69) is 17.6 Å². The summed E-state index contributed by atoms with van der Waals surface area (Å²) in [5, 5.41) is 15.2. The molecule has 0 aliphatic rings. The van der Waals surface area contributed by atoms with Crippen molar-refractivity contribution < 1.29 is 14.6 Å². The Morgan fingerprint density at radius 3 is 2.58 bits per heavy atom. The molecule has 0 heterocycles. The lowest BCUT2D eigenvalue weighted by atomic mass is 10.2. The zero-order valence-corrected chi connectivity index (χ0v) is 14.4. The molecule has 2 aromatic rings. The van der Waals surface area contributed by atoms with Crippen molar-refractivity contribution >= 4 is 28.9 Å². The molecule has 0 unspecified atom stereocenters. The summed E-state index contributed by atoms with van der Waals surface area (Å²) in [5.74, 6) is 0.307. The molecular formula is C18H20N2O3S. The number of rotatable bonds is 5. The first-order chi connectivity index (χ1) is 11.5. The zero-order valence-electron chi connectivity index (χ0n) is 13.6. The van der Waals surface area contributed by atoms with Gasteiger partial charge >= 0.3 is 0 Å². The Labute approximate surface area is 146 Å². The molecule has 0 fully saturated rings. The van der Waals surface area contributed by atoms with Gasteiger partial charge in [-0.3, -0.25) is 10.1 Å². The molecule has 0 aliphatic heterocycles. The van der Waals surface area contributed by atoms with E-state index in [1.165, 1.54) is 5.56 Å². The Morgan fingerprint density at radius 2 is 1.92 bits per heavy atom. The van der Waals surface area contributed by atoms with Crippen molar-refractivity contribution in [3.05, 3.63) is 53.6 Å². The average molecular weight is 344 g/mol. The van der Waals surface area contributed by atoms with Crippen LogP contribution >= 0.6 is 12.2 Å². The molecule has 0 radical (unpaired) electrons. The molecule has 126 valence electrons. The van der Waals surface area contributed by atoms with E-state index in [1.54, 1.807) is 18.2 Å². The van der Waals surface area contributed by atoms with Gasteiger partial charge in [-0.25, -0.2) is 0 Å². The lowest BCUT2D eigenvalue weighted by molar-refractivity contribution is -0.121. The van der Waals surface area contributed by atoms with Gasteiger partial charge in [0, 0.05) is 0 Å². The van der Waals surface area contributed by atoms with Crippen LogP contribution in [-0.4, -0.2) is 22.7 Å². The number of ether oxygens (including phenoxy) is 1. The minimum absolute atomic E-state index is 0.0597. The average Bonchev–Trinajstić information content (AvgIpc) is 2.56. The van der Waals surface area contributed by atoms with Crippen LogP contribution in [0.2, 0.25) is 0 Å². The van der Waals surface area contributed by atoms with E-state index in [0.29, 0.717) is 11.4 Å². The highest BCUT2D eigenvalue weighted by molar-refractivity contribution is 7.80. The number of amides is 1. The second-order valence-electron chi connectivity index (χ2n) is 5.31. The van der Waals surface area contributed by atoms with Gasteiger partial charge in [0.2, 0.25) is 0 Å². The van der Waals surface area contributed by atoms with Crippen LogP contribution in [-0.2, 0) is 11.2 Å². The van der Waals surface area contributed by atoms with Gasteiger partial charge < -0.3 is 15.2 Å². The van der Waals surface area contributed by atoms with Gasteiger partial charge in [-0.1, -0.05) is 25.1 Å². The van der Waals surface area contributed by atoms with Gasteiger partial charge in [-0.05, 0) is 61.0 Å². The number of phenolic OH excluding ortho intramolecular Hbond substituents is 1. The second kappa shape index (κ2) is 8.31. The molecule has 0 atom stereocenters. The molecule has 3 N–H and O–H groups in total. The van der Waals surface area contributed by atoms with Crippen molar-refractivity contribution in [2.24, 2.45) is 0 Å². The molecule has 0 bridgehead atoms. The van der Waals surface area contributed by atoms with Crippen molar-refractivity contribution in [3.63, 3.8) is 0 Å². The highest BCUT2D eigenvalue weighted by Gasteiger charge is 2.08. The molecule has 0 aliphatic carbocycles. The number of thiocarbonyl (C=S) groups is 1. The van der Waals surface area contributed by atoms with Gasteiger partial charge in [0.05, 0.1) is 5.69 Å². The lowest BCUT2D eigenvalue weighted by Crippen LogP contribution is -2.37. The zero-order chi connectivity index (χ0) is 17.5. The van der Waals surface area contributed by atoms with Crippen molar-refractivity contribution in [1.82, 2.24) is 5.32 Å². The third kappa shape index (κ3) is 5.24. The molecule has 1 amide bonds. The van der Waals surface area contributed by atoms with E-state index in [1.807, 2.05) is 31.2 Å². The Bertz CT molecular complexity index is 730. The normalized spacial score (nSPS) is 10.1. The van der Waals surface area contributed by atoms with E-state index < -0.39 is 0 Å². The SMILES string of the molecule is CCc1ccc(OCC(=O)NC(=S)Nc2cc(C)ccc2O)cc1. The summed E-state index contributed by atoms with van der Waals surface area (Å²) in [7, 11) is 0. The van der Waals surface area contributed by atoms with Crippen LogP contribution in [0.1, 0.15) is 18.1 Å². The number of nitrogens with one attached hydrogen (secondary N) is 2. The Kier molecular flexibility index (Phi) is 6.14. The van der Waals surface area contributed by atoms with E-state index in [9.17, 15) is 9.90 Å². The quantitative estimate of drug-likeness (QED) is 0.574. The fourth-order valence-electron chi connectivity index (χ4n) is 2.04. The number of hydrogen-bond donors (Lipinski definition) is 3. The number of benzene rings is 2. The molecule has 24 heavy (non-hydrogen) atoms. The smallest absolute Gasteiger partial charge is 0.264 e. The highest BCUT2D eigenvalue weighted by Crippen LogP contribution is 2.23. The van der Waals surface area contributed by atoms with Crippen LogP contribution in [0.5, 0.6) is 11.5 Å². The van der Waals surface area contributed by atoms with Crippen molar-refractivity contribution in [1.29, 1.82) is 0 Å². The first kappa shape index (κ1) is 17.7. The second-order valence-corrected chi connectivity index (χ2v) is 5.72. The fraction of sp³-hybridized carbons (Fsp3) is 0.222. The van der Waals surface area contributed by atoms with Crippen LogP contribution < -0.4 is 15.4 Å². The summed E-state index contributed by atoms with van der Waals surface area (Å²) in [6, 6.07) is 12.6. The minimum Gasteiger partial charge on any atom is -0.506 e. The van der Waals surface area contributed by atoms with Crippen LogP contribution in [0.3, 0.4) is 0 Å². The third-order valence-electron chi connectivity index (χ3n) is 3.35. The molecule has 6 heteroatoms. The molecule has 0 aromatic heterocycles. The van der Waals surface area contributed by atoms with Gasteiger partial charge in [-0.15, -0.1) is 0 Å². The predicted octanol–water partition coefficient (Wildman–Crippen LogP) is 3.16. The standard InChI is InChI=1S/C18H20N2O3S/c1-3-13-5-7-14(8-6-13)23-11-17(22)20-18(24)19-15-10-12(2)4-9-16(15)21/h4-10,21H,3,11H2,1-2H3,(H2,19,20,22,24). The monoisotopic (exact) mass is 344 g/mol. The summed E-state index contributed by atoms with van der Waals surface area (Å²) in [4.78, 5) is 11.9. The number of aromatic hydroxyl groups is 1. The lowest BCUT2D eigenvalue weighted by Gasteiger charge is -2.12. The summed E-state index contributed by atoms with van der Waals surface area (Å²) in [5.41, 5.74) is 2.61. The van der Waals surface area contributed by atoms with Crippen LogP contribution in [0.4, 0.5) is 5.69 Å². The first-order valence-corrected chi connectivity index (χ1v) is 8.01. The molecule has 0 saturated heterocycles. The number of carbonyl (C=O) groups is 1. The number of hydrogen-bond acceptors (Lipinski definition) is 4. The fourth-order valence-corrected chi connectivity index (χ4v) is 2.26. The summed E-state index contributed by atoms with van der Waals surface area (Å²) in [6.07, 6.45) is 0.951. The number of aryl methyl sites for hydroxylation is 2. The Hall–Kier alpha value is -2.60. The van der Waals surface area contributed by atoms with Crippen LogP contribution in [0, 0.1) is 6.92 Å². The number of carbonyl (C=O) groups excluding carboxylic acids is 1. The summed E-state index contributed by atoms with van der Waals surface area (Å²) < 4.78 is 5.41. The number of anilines is 1. The summed E-state index contributed by atoms with van der Waals surface area (Å²) in [6.45, 7) is 3.82. The van der Waals surface area contributed by atoms with E-state index in [-0.39, 0.29) is 23.4 Å². The highest BCUT2D eigenvalue weighted by atomic mass is 32.1. The third-order valence-corrected chi connectivity index (χ3v) is 3.56. The van der Waals surface area contributed by atoms with Crippen molar-refractivity contribution in [3.8, 4) is 11.5 Å². The van der Waals surface area contributed by atoms with E-state index in [0.717, 1.165) is 12.0 Å².